The number of hydrogen-bond donors (Lipinski definition) is 1. The van der Waals surface area contributed by atoms with Crippen LogP contribution in [0.1, 0.15) is 51.5 Å². The van der Waals surface area contributed by atoms with Crippen LogP contribution >= 0.6 is 15.9 Å². The molecule has 0 saturated carbocycles. The number of hydrogen-bond acceptors (Lipinski definition) is 4. The molecule has 114 valence electrons. The molecular formula is C16H22BrN3O. The molecule has 2 aromatic heterocycles. The highest BCUT2D eigenvalue weighted by atomic mass is 79.9. The number of halogens is 1. The van der Waals surface area contributed by atoms with Gasteiger partial charge in [-0.3, -0.25) is 0 Å². The molecule has 4 nitrogen and oxygen atoms in total. The molecule has 2 rings (SSSR count). The fourth-order valence-electron chi connectivity index (χ4n) is 2.01. The van der Waals surface area contributed by atoms with E-state index in [1.807, 2.05) is 12.1 Å². The Morgan fingerprint density at radius 1 is 1.24 bits per heavy atom. The first-order valence-electron chi connectivity index (χ1n) is 7.47. The average Bonchev–Trinajstić information content (AvgIpc) is 2.94. The van der Waals surface area contributed by atoms with E-state index < -0.39 is 0 Å². The van der Waals surface area contributed by atoms with Crippen LogP contribution in [0.15, 0.2) is 21.0 Å². The summed E-state index contributed by atoms with van der Waals surface area (Å²) in [6.07, 6.45) is 1.91. The third-order valence-electron chi connectivity index (χ3n) is 3.20. The maximum absolute atomic E-state index is 5.78. The third kappa shape index (κ3) is 3.64. The van der Waals surface area contributed by atoms with E-state index in [9.17, 15) is 0 Å². The van der Waals surface area contributed by atoms with Crippen molar-refractivity contribution in [3.63, 3.8) is 0 Å². The Labute approximate surface area is 134 Å². The predicted octanol–water partition coefficient (Wildman–Crippen LogP) is 5.01. The molecule has 0 saturated heterocycles. The molecule has 0 amide bonds. The summed E-state index contributed by atoms with van der Waals surface area (Å²) in [6.45, 7) is 9.33. The summed E-state index contributed by atoms with van der Waals surface area (Å²) in [5, 5.41) is 3.35. The standard InChI is InChI=1S/C16H22BrN3O/c1-5-9-18-16-13(17)14(10(3)4)19-15(20-16)12-8-7-11(6-2)21-12/h7-8,10H,5-6,9H2,1-4H3,(H,18,19,20). The lowest BCUT2D eigenvalue weighted by atomic mass is 10.1. The molecule has 0 aliphatic rings. The van der Waals surface area contributed by atoms with Gasteiger partial charge >= 0.3 is 0 Å². The highest BCUT2D eigenvalue weighted by molar-refractivity contribution is 9.10. The minimum absolute atomic E-state index is 0.309. The molecule has 0 atom stereocenters. The van der Waals surface area contributed by atoms with Gasteiger partial charge in [0.15, 0.2) is 11.6 Å². The Bertz CT molecular complexity index is 608. The van der Waals surface area contributed by atoms with E-state index in [1.165, 1.54) is 0 Å². The number of nitrogens with one attached hydrogen (secondary N) is 1. The van der Waals surface area contributed by atoms with Gasteiger partial charge in [0.05, 0.1) is 10.2 Å². The highest BCUT2D eigenvalue weighted by Crippen LogP contribution is 2.32. The number of anilines is 1. The summed E-state index contributed by atoms with van der Waals surface area (Å²) < 4.78 is 6.73. The van der Waals surface area contributed by atoms with Crippen molar-refractivity contribution in [3.05, 3.63) is 28.1 Å². The van der Waals surface area contributed by atoms with E-state index in [1.54, 1.807) is 0 Å². The van der Waals surface area contributed by atoms with Crippen LogP contribution in [0.2, 0.25) is 0 Å². The Kier molecular flexibility index (Phi) is 5.39. The summed E-state index contributed by atoms with van der Waals surface area (Å²) in [5.74, 6) is 3.45. The zero-order valence-corrected chi connectivity index (χ0v) is 14.6. The monoisotopic (exact) mass is 351 g/mol. The van der Waals surface area contributed by atoms with Crippen LogP contribution in [0, 0.1) is 0 Å². The van der Waals surface area contributed by atoms with Gasteiger partial charge in [0.2, 0.25) is 0 Å². The molecule has 2 aromatic rings. The molecule has 0 fully saturated rings. The lowest BCUT2D eigenvalue weighted by Crippen LogP contribution is -2.08. The second-order valence-corrected chi connectivity index (χ2v) is 6.09. The van der Waals surface area contributed by atoms with Crippen LogP contribution in [-0.2, 0) is 6.42 Å². The fourth-order valence-corrected chi connectivity index (χ4v) is 2.78. The molecular weight excluding hydrogens is 330 g/mol. The number of rotatable bonds is 6. The first-order chi connectivity index (χ1) is 10.1. The van der Waals surface area contributed by atoms with Crippen LogP contribution in [0.4, 0.5) is 5.82 Å². The van der Waals surface area contributed by atoms with E-state index in [2.05, 4.69) is 58.9 Å². The van der Waals surface area contributed by atoms with Gasteiger partial charge in [0.1, 0.15) is 11.6 Å². The van der Waals surface area contributed by atoms with Crippen molar-refractivity contribution >= 4 is 21.7 Å². The first kappa shape index (κ1) is 16.0. The molecule has 5 heteroatoms. The quantitative estimate of drug-likeness (QED) is 0.794. The Morgan fingerprint density at radius 2 is 2.00 bits per heavy atom. The normalized spacial score (nSPS) is 11.1. The van der Waals surface area contributed by atoms with Crippen molar-refractivity contribution in [1.29, 1.82) is 0 Å². The second-order valence-electron chi connectivity index (χ2n) is 5.30. The van der Waals surface area contributed by atoms with E-state index >= 15 is 0 Å². The van der Waals surface area contributed by atoms with Crippen LogP contribution < -0.4 is 5.32 Å². The number of nitrogens with zero attached hydrogens (tertiary/aromatic N) is 2. The van der Waals surface area contributed by atoms with E-state index in [4.69, 9.17) is 4.42 Å². The van der Waals surface area contributed by atoms with Gasteiger partial charge in [-0.2, -0.15) is 0 Å². The maximum Gasteiger partial charge on any atom is 0.197 e. The van der Waals surface area contributed by atoms with E-state index in [0.717, 1.165) is 46.9 Å². The van der Waals surface area contributed by atoms with Crippen LogP contribution in [-0.4, -0.2) is 16.5 Å². The van der Waals surface area contributed by atoms with Crippen molar-refractivity contribution < 1.29 is 4.42 Å². The zero-order chi connectivity index (χ0) is 15.4. The van der Waals surface area contributed by atoms with Crippen molar-refractivity contribution in [2.45, 2.75) is 46.5 Å². The largest absolute Gasteiger partial charge is 0.458 e. The smallest absolute Gasteiger partial charge is 0.197 e. The summed E-state index contributed by atoms with van der Waals surface area (Å²) in [7, 11) is 0. The molecule has 0 aliphatic carbocycles. The zero-order valence-electron chi connectivity index (χ0n) is 13.0. The average molecular weight is 352 g/mol. The molecule has 0 spiro atoms. The molecule has 21 heavy (non-hydrogen) atoms. The van der Waals surface area contributed by atoms with Crippen LogP contribution in [0.25, 0.3) is 11.6 Å². The SMILES string of the molecule is CCCNc1nc(-c2ccc(CC)o2)nc(C(C)C)c1Br. The molecule has 0 radical (unpaired) electrons. The van der Waals surface area contributed by atoms with Crippen molar-refractivity contribution in [3.8, 4) is 11.6 Å². The van der Waals surface area contributed by atoms with Crippen molar-refractivity contribution in [2.24, 2.45) is 0 Å². The molecule has 0 aliphatic heterocycles. The molecule has 2 heterocycles. The summed E-state index contributed by atoms with van der Waals surface area (Å²) in [6, 6.07) is 3.92. The molecule has 0 bridgehead atoms. The van der Waals surface area contributed by atoms with Gasteiger partial charge in [0, 0.05) is 13.0 Å². The Balaban J connectivity index is 2.47. The van der Waals surface area contributed by atoms with Gasteiger partial charge in [-0.1, -0.05) is 27.7 Å². The topological polar surface area (TPSA) is 51.0 Å². The minimum Gasteiger partial charge on any atom is -0.458 e. The lowest BCUT2D eigenvalue weighted by molar-refractivity contribution is 0.525. The number of aromatic nitrogens is 2. The minimum atomic E-state index is 0.309. The third-order valence-corrected chi connectivity index (χ3v) is 3.98. The second kappa shape index (κ2) is 7.07. The number of furan rings is 1. The van der Waals surface area contributed by atoms with Crippen molar-refractivity contribution in [1.82, 2.24) is 9.97 Å². The van der Waals surface area contributed by atoms with Gasteiger partial charge in [-0.05, 0) is 40.4 Å². The van der Waals surface area contributed by atoms with Crippen LogP contribution in [0.3, 0.4) is 0 Å². The Hall–Kier alpha value is -1.36. The summed E-state index contributed by atoms with van der Waals surface area (Å²) >= 11 is 3.62. The number of aryl methyl sites for hydroxylation is 1. The first-order valence-corrected chi connectivity index (χ1v) is 8.26. The molecule has 1 N–H and O–H groups in total. The summed E-state index contributed by atoms with van der Waals surface area (Å²) in [5.41, 5.74) is 0.994. The lowest BCUT2D eigenvalue weighted by Gasteiger charge is -2.14. The summed E-state index contributed by atoms with van der Waals surface area (Å²) in [4.78, 5) is 9.27. The van der Waals surface area contributed by atoms with Gasteiger partial charge < -0.3 is 9.73 Å². The van der Waals surface area contributed by atoms with Crippen molar-refractivity contribution in [2.75, 3.05) is 11.9 Å². The van der Waals surface area contributed by atoms with E-state index in [-0.39, 0.29) is 0 Å². The Morgan fingerprint density at radius 3 is 2.57 bits per heavy atom. The van der Waals surface area contributed by atoms with Gasteiger partial charge in [-0.25, -0.2) is 9.97 Å². The molecule has 0 aromatic carbocycles. The van der Waals surface area contributed by atoms with Crippen LogP contribution in [0.5, 0.6) is 0 Å². The highest BCUT2D eigenvalue weighted by Gasteiger charge is 2.17. The van der Waals surface area contributed by atoms with E-state index in [0.29, 0.717) is 11.7 Å². The van der Waals surface area contributed by atoms with Gasteiger partial charge in [0.25, 0.3) is 0 Å². The fraction of sp³-hybridized carbons (Fsp3) is 0.500. The maximum atomic E-state index is 5.78. The van der Waals surface area contributed by atoms with Gasteiger partial charge in [-0.15, -0.1) is 0 Å². The molecule has 0 unspecified atom stereocenters. The predicted molar refractivity (Wildman–Crippen MR) is 89.7 cm³/mol.